The lowest BCUT2D eigenvalue weighted by molar-refractivity contribution is 0.661. The highest BCUT2D eigenvalue weighted by atomic mass is 15.1. The van der Waals surface area contributed by atoms with Crippen molar-refractivity contribution in [3.8, 4) is 50.3 Å². The smallest absolute Gasteiger partial charge is 0.0619 e. The maximum atomic E-state index is 2.48. The van der Waals surface area contributed by atoms with Crippen LogP contribution in [-0.4, -0.2) is 4.57 Å². The predicted octanol–water partition coefficient (Wildman–Crippen LogP) is 17.7. The molecule has 67 heavy (non-hydrogen) atoms. The fraction of sp³-hybridized carbons (Fsp3) is 0.0462. The average Bonchev–Trinajstić information content (AvgIpc) is 3.84. The summed E-state index contributed by atoms with van der Waals surface area (Å²) in [5.74, 6) is 0. The van der Waals surface area contributed by atoms with Crippen molar-refractivity contribution in [2.24, 2.45) is 0 Å². The van der Waals surface area contributed by atoms with E-state index in [4.69, 9.17) is 0 Å². The molecule has 0 N–H and O–H groups in total. The first-order valence-electron chi connectivity index (χ1n) is 23.2. The third-order valence-corrected chi connectivity index (χ3v) is 13.7. The Morgan fingerprint density at radius 2 is 0.896 bits per heavy atom. The van der Waals surface area contributed by atoms with Gasteiger partial charge in [0.2, 0.25) is 0 Å². The van der Waals surface area contributed by atoms with Crippen LogP contribution in [0.5, 0.6) is 0 Å². The zero-order valence-corrected chi connectivity index (χ0v) is 37.6. The number of hydrogen-bond acceptors (Lipinski definition) is 1. The van der Waals surface area contributed by atoms with Crippen LogP contribution in [-0.2, 0) is 5.41 Å². The van der Waals surface area contributed by atoms with Crippen molar-refractivity contribution in [3.63, 3.8) is 0 Å². The normalized spacial score (nSPS) is 12.7. The summed E-state index contributed by atoms with van der Waals surface area (Å²) in [5.41, 5.74) is 20.6. The van der Waals surface area contributed by atoms with Crippen LogP contribution in [0.1, 0.15) is 36.1 Å². The summed E-state index contributed by atoms with van der Waals surface area (Å²) in [6.07, 6.45) is 4.42. The Labute approximate surface area is 393 Å². The van der Waals surface area contributed by atoms with Crippen molar-refractivity contribution in [3.05, 3.63) is 265 Å². The molecule has 0 amide bonds. The van der Waals surface area contributed by atoms with Gasteiger partial charge in [0.15, 0.2) is 0 Å². The topological polar surface area (TPSA) is 8.17 Å². The number of aromatic nitrogens is 1. The number of benzene rings is 10. The second-order valence-corrected chi connectivity index (χ2v) is 18.2. The molecule has 2 heteroatoms. The monoisotopic (exact) mass is 856 g/mol. The molecule has 1 heterocycles. The van der Waals surface area contributed by atoms with Crippen LogP contribution in [0.25, 0.3) is 84.2 Å². The van der Waals surface area contributed by atoms with Gasteiger partial charge in [-0.15, -0.1) is 0 Å². The van der Waals surface area contributed by atoms with Crippen LogP contribution < -0.4 is 4.90 Å². The van der Waals surface area contributed by atoms with Crippen LogP contribution in [0.2, 0.25) is 0 Å². The van der Waals surface area contributed by atoms with E-state index >= 15 is 0 Å². The Morgan fingerprint density at radius 1 is 0.388 bits per heavy atom. The van der Waals surface area contributed by atoms with Gasteiger partial charge < -0.3 is 9.47 Å². The predicted molar refractivity (Wildman–Crippen MR) is 285 cm³/mol. The lowest BCUT2D eigenvalue weighted by atomic mass is 9.81. The average molecular weight is 857 g/mol. The maximum Gasteiger partial charge on any atom is 0.0619 e. The number of nitrogens with zero attached hydrogens (tertiary/aromatic N) is 2. The summed E-state index contributed by atoms with van der Waals surface area (Å²) in [6.45, 7) is 4.79. The van der Waals surface area contributed by atoms with Gasteiger partial charge >= 0.3 is 0 Å². The molecule has 0 atom stereocenters. The van der Waals surface area contributed by atoms with E-state index in [1.54, 1.807) is 0 Å². The molecule has 1 aromatic heterocycles. The Kier molecular flexibility index (Phi) is 9.88. The SMILES string of the molecule is CC1(C)c2cc(-c3ccc4cc(C=Cc5ccc(N(c6ccccc6)c6ccccc6)cc5)ccc4c3)ccc2-c2cc3c(-c4ccccc4)c(-c4ccccc4)n(-c4ccccc4)c3cc21. The highest BCUT2D eigenvalue weighted by Gasteiger charge is 2.37. The first-order valence-corrected chi connectivity index (χ1v) is 23.2. The molecule has 0 aliphatic heterocycles. The first kappa shape index (κ1) is 40.1. The van der Waals surface area contributed by atoms with Crippen LogP contribution in [0, 0.1) is 0 Å². The molecule has 0 spiro atoms. The standard InChI is InChI=1S/C65H48N2/c1-65(2)60-42-52(51-35-34-49-40-46(30-33-50(49)41-51)29-28-45-31-37-56(38-32-45)66(53-22-12-5-13-23-53)54-24-14-6-15-25-54)36-39-57(60)58-43-59-62(44-61(58)65)67(55-26-16-7-17-27-55)64(48-20-10-4-11-21-48)63(59)47-18-8-3-9-19-47/h3-44H,1-2H3. The molecule has 2 nitrogen and oxygen atoms in total. The number of anilines is 3. The second kappa shape index (κ2) is 16.5. The van der Waals surface area contributed by atoms with Gasteiger partial charge in [0.05, 0.1) is 11.2 Å². The summed E-state index contributed by atoms with van der Waals surface area (Å²) in [4.78, 5) is 2.29. The summed E-state index contributed by atoms with van der Waals surface area (Å²) in [5, 5.41) is 3.72. The van der Waals surface area contributed by atoms with Crippen LogP contribution in [0.4, 0.5) is 17.1 Å². The van der Waals surface area contributed by atoms with Crippen molar-refractivity contribution in [2.75, 3.05) is 4.90 Å². The molecular formula is C65H48N2. The molecule has 0 unspecified atom stereocenters. The number of rotatable bonds is 9. The van der Waals surface area contributed by atoms with Gasteiger partial charge in [-0.3, -0.25) is 0 Å². The van der Waals surface area contributed by atoms with E-state index in [2.05, 4.69) is 278 Å². The molecule has 0 saturated carbocycles. The van der Waals surface area contributed by atoms with E-state index in [0.717, 1.165) is 28.3 Å². The van der Waals surface area contributed by atoms with Gasteiger partial charge in [0.1, 0.15) is 0 Å². The Hall–Kier alpha value is -8.46. The second-order valence-electron chi connectivity index (χ2n) is 18.2. The molecule has 1 aliphatic carbocycles. The van der Waals surface area contributed by atoms with Gasteiger partial charge in [-0.2, -0.15) is 0 Å². The molecule has 10 aromatic carbocycles. The maximum absolute atomic E-state index is 2.48. The number of para-hydroxylation sites is 3. The zero-order valence-electron chi connectivity index (χ0n) is 37.6. The van der Waals surface area contributed by atoms with E-state index in [0.29, 0.717) is 0 Å². The molecule has 11 aromatic rings. The fourth-order valence-electron chi connectivity index (χ4n) is 10.4. The van der Waals surface area contributed by atoms with Crippen molar-refractivity contribution < 1.29 is 0 Å². The Bertz CT molecular complexity index is 3570. The summed E-state index contributed by atoms with van der Waals surface area (Å²) in [6, 6.07) is 88.3. The summed E-state index contributed by atoms with van der Waals surface area (Å²) >= 11 is 0. The highest BCUT2D eigenvalue weighted by molar-refractivity contribution is 6.08. The Morgan fingerprint density at radius 3 is 1.57 bits per heavy atom. The zero-order chi connectivity index (χ0) is 44.9. The third kappa shape index (κ3) is 7.15. The Balaban J connectivity index is 0.866. The molecule has 12 rings (SSSR count). The molecule has 0 fully saturated rings. The van der Waals surface area contributed by atoms with Gasteiger partial charge in [0, 0.05) is 39.1 Å². The number of hydrogen-bond donors (Lipinski definition) is 0. The van der Waals surface area contributed by atoms with Crippen molar-refractivity contribution in [2.45, 2.75) is 19.3 Å². The lowest BCUT2D eigenvalue weighted by Crippen LogP contribution is -2.15. The van der Waals surface area contributed by atoms with Gasteiger partial charge in [0.25, 0.3) is 0 Å². The lowest BCUT2D eigenvalue weighted by Gasteiger charge is -2.25. The fourth-order valence-corrected chi connectivity index (χ4v) is 10.4. The molecule has 0 saturated heterocycles. The quantitative estimate of drug-likeness (QED) is 0.131. The summed E-state index contributed by atoms with van der Waals surface area (Å²) < 4.78 is 2.48. The molecule has 318 valence electrons. The minimum Gasteiger partial charge on any atom is -0.311 e. The minimum atomic E-state index is -0.206. The summed E-state index contributed by atoms with van der Waals surface area (Å²) in [7, 11) is 0. The molecule has 0 bridgehead atoms. The van der Waals surface area contributed by atoms with Gasteiger partial charge in [-0.05, 0) is 145 Å². The molecule has 0 radical (unpaired) electrons. The highest BCUT2D eigenvalue weighted by Crippen LogP contribution is 2.53. The van der Waals surface area contributed by atoms with E-state index < -0.39 is 0 Å². The minimum absolute atomic E-state index is 0.206. The van der Waals surface area contributed by atoms with Crippen molar-refractivity contribution in [1.29, 1.82) is 0 Å². The molecule has 1 aliphatic rings. The van der Waals surface area contributed by atoms with Gasteiger partial charge in [-0.1, -0.05) is 190 Å². The van der Waals surface area contributed by atoms with Crippen LogP contribution in [0.3, 0.4) is 0 Å². The van der Waals surface area contributed by atoms with E-state index in [9.17, 15) is 0 Å². The van der Waals surface area contributed by atoms with E-state index in [1.165, 1.54) is 83.0 Å². The third-order valence-electron chi connectivity index (χ3n) is 13.7. The van der Waals surface area contributed by atoms with E-state index in [-0.39, 0.29) is 5.41 Å². The van der Waals surface area contributed by atoms with Crippen LogP contribution >= 0.6 is 0 Å². The van der Waals surface area contributed by atoms with E-state index in [1.807, 2.05) is 0 Å². The van der Waals surface area contributed by atoms with Crippen molar-refractivity contribution >= 4 is 50.9 Å². The number of fused-ring (bicyclic) bond motifs is 5. The van der Waals surface area contributed by atoms with Crippen molar-refractivity contribution in [1.82, 2.24) is 4.57 Å². The first-order chi connectivity index (χ1) is 33.0. The van der Waals surface area contributed by atoms with Crippen LogP contribution in [0.15, 0.2) is 243 Å². The van der Waals surface area contributed by atoms with Gasteiger partial charge in [-0.25, -0.2) is 0 Å². The molecular weight excluding hydrogens is 809 g/mol. The largest absolute Gasteiger partial charge is 0.311 e.